The Morgan fingerprint density at radius 2 is 2.27 bits per heavy atom. The lowest BCUT2D eigenvalue weighted by molar-refractivity contribution is -0.143. The average Bonchev–Trinajstić information content (AvgIpc) is 2.03. The molecule has 11 heavy (non-hydrogen) atoms. The number of carbonyl (C=O) groups is 1. The predicted molar refractivity (Wildman–Crippen MR) is 45.2 cm³/mol. The molecule has 0 aliphatic carbocycles. The van der Waals surface area contributed by atoms with E-state index < -0.39 is 0 Å². The van der Waals surface area contributed by atoms with Crippen LogP contribution in [0.4, 0.5) is 0 Å². The van der Waals surface area contributed by atoms with Gasteiger partial charge in [0.25, 0.3) is 0 Å². The van der Waals surface area contributed by atoms with E-state index in [9.17, 15) is 4.79 Å². The van der Waals surface area contributed by atoms with Gasteiger partial charge in [0.15, 0.2) is 0 Å². The molecule has 0 aliphatic rings. The molecule has 1 unspecified atom stereocenters. The van der Waals surface area contributed by atoms with Crippen LogP contribution in [-0.2, 0) is 9.53 Å². The van der Waals surface area contributed by atoms with Crippen LogP contribution in [0, 0.1) is 5.92 Å². The summed E-state index contributed by atoms with van der Waals surface area (Å²) >= 11 is 0. The summed E-state index contributed by atoms with van der Waals surface area (Å²) < 4.78 is 4.55. The largest absolute Gasteiger partial charge is 0.469 e. The zero-order valence-corrected chi connectivity index (χ0v) is 7.46. The zero-order valence-electron chi connectivity index (χ0n) is 7.46. The van der Waals surface area contributed by atoms with Crippen LogP contribution in [0.2, 0.25) is 0 Å². The number of hydrogen-bond donors (Lipinski definition) is 0. The van der Waals surface area contributed by atoms with Crippen LogP contribution >= 0.6 is 0 Å². The summed E-state index contributed by atoms with van der Waals surface area (Å²) in [6.07, 6.45) is 6.04. The highest BCUT2D eigenvalue weighted by atomic mass is 16.5. The van der Waals surface area contributed by atoms with E-state index in [-0.39, 0.29) is 11.9 Å². The lowest BCUT2D eigenvalue weighted by atomic mass is 10.1. The highest BCUT2D eigenvalue weighted by molar-refractivity contribution is 5.73. The van der Waals surface area contributed by atoms with E-state index in [1.165, 1.54) is 7.11 Å². The molecular formula is C9H16O2. The summed E-state index contributed by atoms with van der Waals surface area (Å²) in [5.74, 6) is -0.274. The molecule has 0 amide bonds. The molecule has 0 saturated carbocycles. The Bertz CT molecular complexity index is 138. The van der Waals surface area contributed by atoms with Gasteiger partial charge < -0.3 is 4.74 Å². The van der Waals surface area contributed by atoms with Crippen molar-refractivity contribution in [2.24, 2.45) is 5.92 Å². The first-order valence-corrected chi connectivity index (χ1v) is 3.96. The lowest BCUT2D eigenvalue weighted by Crippen LogP contribution is -2.09. The Kier molecular flexibility index (Phi) is 5.53. The van der Waals surface area contributed by atoms with Crippen LogP contribution in [0.5, 0.6) is 0 Å². The molecule has 0 heterocycles. The second kappa shape index (κ2) is 5.96. The molecule has 0 bridgehead atoms. The number of methoxy groups -OCH3 is 1. The van der Waals surface area contributed by atoms with Crippen LogP contribution in [-0.4, -0.2) is 13.1 Å². The van der Waals surface area contributed by atoms with Crippen LogP contribution in [0.3, 0.4) is 0 Å². The van der Waals surface area contributed by atoms with Crippen molar-refractivity contribution in [1.82, 2.24) is 0 Å². The average molecular weight is 156 g/mol. The lowest BCUT2D eigenvalue weighted by Gasteiger charge is -2.01. The molecular weight excluding hydrogens is 140 g/mol. The highest BCUT2D eigenvalue weighted by Crippen LogP contribution is 2.01. The van der Waals surface area contributed by atoms with E-state index in [0.29, 0.717) is 0 Å². The topological polar surface area (TPSA) is 26.3 Å². The van der Waals surface area contributed by atoms with Crippen LogP contribution in [0.15, 0.2) is 12.2 Å². The number of unbranched alkanes of at least 4 members (excludes halogenated alkanes) is 1. The predicted octanol–water partition coefficient (Wildman–Crippen LogP) is 2.15. The van der Waals surface area contributed by atoms with Crippen molar-refractivity contribution in [3.8, 4) is 0 Å². The minimum Gasteiger partial charge on any atom is -0.469 e. The third kappa shape index (κ3) is 4.59. The molecule has 2 heteroatoms. The molecule has 2 nitrogen and oxygen atoms in total. The summed E-state index contributed by atoms with van der Waals surface area (Å²) in [4.78, 5) is 10.8. The summed E-state index contributed by atoms with van der Waals surface area (Å²) in [6.45, 7) is 3.94. The maximum atomic E-state index is 10.8. The normalized spacial score (nSPS) is 13.4. The van der Waals surface area contributed by atoms with E-state index >= 15 is 0 Å². The molecule has 0 radical (unpaired) electrons. The van der Waals surface area contributed by atoms with E-state index in [2.05, 4.69) is 11.7 Å². The third-order valence-corrected chi connectivity index (χ3v) is 1.45. The molecule has 0 N–H and O–H groups in total. The minimum atomic E-state index is -0.169. The van der Waals surface area contributed by atoms with E-state index in [1.54, 1.807) is 0 Å². The quantitative estimate of drug-likeness (QED) is 0.460. The zero-order chi connectivity index (χ0) is 8.69. The van der Waals surface area contributed by atoms with Gasteiger partial charge in [0, 0.05) is 0 Å². The van der Waals surface area contributed by atoms with Gasteiger partial charge in [0.1, 0.15) is 0 Å². The van der Waals surface area contributed by atoms with E-state index in [0.717, 1.165) is 12.8 Å². The van der Waals surface area contributed by atoms with Crippen molar-refractivity contribution in [3.63, 3.8) is 0 Å². The van der Waals surface area contributed by atoms with Crippen LogP contribution < -0.4 is 0 Å². The summed E-state index contributed by atoms with van der Waals surface area (Å²) in [5.41, 5.74) is 0. The van der Waals surface area contributed by atoms with Gasteiger partial charge in [0.2, 0.25) is 0 Å². The van der Waals surface area contributed by atoms with Gasteiger partial charge in [-0.1, -0.05) is 25.5 Å². The maximum absolute atomic E-state index is 10.8. The minimum absolute atomic E-state index is 0.105. The van der Waals surface area contributed by atoms with Crippen molar-refractivity contribution >= 4 is 5.97 Å². The van der Waals surface area contributed by atoms with Crippen molar-refractivity contribution in [2.75, 3.05) is 7.11 Å². The fourth-order valence-electron chi connectivity index (χ4n) is 0.731. The Morgan fingerprint density at radius 1 is 1.64 bits per heavy atom. The number of hydrogen-bond acceptors (Lipinski definition) is 2. The molecule has 0 spiro atoms. The molecule has 0 fully saturated rings. The maximum Gasteiger partial charge on any atom is 0.312 e. The fourth-order valence-corrected chi connectivity index (χ4v) is 0.731. The Labute approximate surface area is 68.2 Å². The van der Waals surface area contributed by atoms with E-state index in [4.69, 9.17) is 0 Å². The Balaban J connectivity index is 3.66. The van der Waals surface area contributed by atoms with Gasteiger partial charge in [-0.2, -0.15) is 0 Å². The molecule has 0 saturated heterocycles. The first kappa shape index (κ1) is 10.2. The van der Waals surface area contributed by atoms with Crippen LogP contribution in [0.25, 0.3) is 0 Å². The van der Waals surface area contributed by atoms with Crippen molar-refractivity contribution in [3.05, 3.63) is 12.2 Å². The second-order valence-electron chi connectivity index (χ2n) is 2.53. The SMILES string of the molecule is CCCC=CC(C)C(=O)OC. The molecule has 1 atom stereocenters. The molecule has 64 valence electrons. The number of carbonyl (C=O) groups excluding carboxylic acids is 1. The number of rotatable bonds is 4. The molecule has 0 aliphatic heterocycles. The number of allylic oxidation sites excluding steroid dienone is 1. The van der Waals surface area contributed by atoms with Crippen molar-refractivity contribution in [1.29, 1.82) is 0 Å². The van der Waals surface area contributed by atoms with E-state index in [1.807, 2.05) is 19.1 Å². The highest BCUT2D eigenvalue weighted by Gasteiger charge is 2.07. The second-order valence-corrected chi connectivity index (χ2v) is 2.53. The molecule has 0 aromatic carbocycles. The summed E-state index contributed by atoms with van der Waals surface area (Å²) in [6, 6.07) is 0. The first-order chi connectivity index (χ1) is 5.22. The molecule has 0 aromatic rings. The molecule has 0 aromatic heterocycles. The number of ether oxygens (including phenoxy) is 1. The Hall–Kier alpha value is -0.790. The Morgan fingerprint density at radius 3 is 2.73 bits per heavy atom. The van der Waals surface area contributed by atoms with Gasteiger partial charge in [-0.3, -0.25) is 4.79 Å². The van der Waals surface area contributed by atoms with Crippen molar-refractivity contribution in [2.45, 2.75) is 26.7 Å². The summed E-state index contributed by atoms with van der Waals surface area (Å²) in [7, 11) is 1.41. The van der Waals surface area contributed by atoms with Gasteiger partial charge in [-0.15, -0.1) is 0 Å². The fraction of sp³-hybridized carbons (Fsp3) is 0.667. The van der Waals surface area contributed by atoms with Gasteiger partial charge in [0.05, 0.1) is 13.0 Å². The van der Waals surface area contributed by atoms with Gasteiger partial charge in [-0.05, 0) is 13.3 Å². The first-order valence-electron chi connectivity index (χ1n) is 3.96. The number of esters is 1. The van der Waals surface area contributed by atoms with Gasteiger partial charge in [-0.25, -0.2) is 0 Å². The smallest absolute Gasteiger partial charge is 0.312 e. The monoisotopic (exact) mass is 156 g/mol. The van der Waals surface area contributed by atoms with Crippen LogP contribution in [0.1, 0.15) is 26.7 Å². The summed E-state index contributed by atoms with van der Waals surface area (Å²) in [5, 5.41) is 0. The molecule has 0 rings (SSSR count). The standard InChI is InChI=1S/C9H16O2/c1-4-5-6-7-8(2)9(10)11-3/h6-8H,4-5H2,1-3H3. The van der Waals surface area contributed by atoms with Crippen molar-refractivity contribution < 1.29 is 9.53 Å². The van der Waals surface area contributed by atoms with Gasteiger partial charge >= 0.3 is 5.97 Å². The third-order valence-electron chi connectivity index (χ3n) is 1.45.